The third-order valence-electron chi connectivity index (χ3n) is 2.35. The van der Waals surface area contributed by atoms with Crippen LogP contribution in [0.4, 0.5) is 0 Å². The molecule has 1 aromatic rings. The van der Waals surface area contributed by atoms with E-state index in [9.17, 15) is 0 Å². The van der Waals surface area contributed by atoms with Gasteiger partial charge in [0.2, 0.25) is 0 Å². The van der Waals surface area contributed by atoms with Gasteiger partial charge in [0.1, 0.15) is 0 Å². The van der Waals surface area contributed by atoms with Gasteiger partial charge in [0, 0.05) is 18.9 Å². The molecule has 0 saturated carbocycles. The van der Waals surface area contributed by atoms with Gasteiger partial charge in [-0.3, -0.25) is 10.0 Å². The molecule has 1 N–H and O–H groups in total. The van der Waals surface area contributed by atoms with Gasteiger partial charge in [-0.2, -0.15) is 0 Å². The van der Waals surface area contributed by atoms with Crippen molar-refractivity contribution in [2.24, 2.45) is 0 Å². The molecule has 0 aliphatic carbocycles. The Balaban J connectivity index is 2.01. The van der Waals surface area contributed by atoms with Crippen molar-refractivity contribution in [1.29, 1.82) is 0 Å². The van der Waals surface area contributed by atoms with E-state index < -0.39 is 0 Å². The molecule has 1 aliphatic heterocycles. The number of nitrogens with zero attached hydrogens (tertiary/aromatic N) is 2. The fraction of sp³-hybridized carbons (Fsp3) is 0.273. The van der Waals surface area contributed by atoms with Gasteiger partial charge in [-0.1, -0.05) is 30.3 Å². The summed E-state index contributed by atoms with van der Waals surface area (Å²) >= 11 is 0. The highest BCUT2D eigenvalue weighted by molar-refractivity contribution is 5.15. The first-order valence-electron chi connectivity index (χ1n) is 4.75. The van der Waals surface area contributed by atoms with Crippen LogP contribution in [0.25, 0.3) is 0 Å². The van der Waals surface area contributed by atoms with E-state index in [1.165, 1.54) is 11.3 Å². The topological polar surface area (TPSA) is 18.5 Å². The van der Waals surface area contributed by atoms with Gasteiger partial charge in [-0.25, -0.2) is 0 Å². The molecule has 0 bridgehead atoms. The highest BCUT2D eigenvalue weighted by Crippen LogP contribution is 2.11. The van der Waals surface area contributed by atoms with Gasteiger partial charge in [0.25, 0.3) is 0 Å². The maximum absolute atomic E-state index is 3.23. The fourth-order valence-electron chi connectivity index (χ4n) is 1.47. The first-order valence-corrected chi connectivity index (χ1v) is 4.75. The molecular formula is C11H15N3. The van der Waals surface area contributed by atoms with Crippen molar-refractivity contribution in [3.63, 3.8) is 0 Å². The molecular weight excluding hydrogens is 174 g/mol. The monoisotopic (exact) mass is 189 g/mol. The zero-order valence-corrected chi connectivity index (χ0v) is 8.57. The van der Waals surface area contributed by atoms with Crippen LogP contribution < -0.4 is 5.53 Å². The van der Waals surface area contributed by atoms with Crippen LogP contribution in [-0.4, -0.2) is 17.1 Å². The average molecular weight is 189 g/mol. The predicted octanol–water partition coefficient (Wildman–Crippen LogP) is 1.71. The zero-order chi connectivity index (χ0) is 9.97. The van der Waals surface area contributed by atoms with Crippen molar-refractivity contribution in [1.82, 2.24) is 15.6 Å². The van der Waals surface area contributed by atoms with Crippen LogP contribution in [0.1, 0.15) is 12.5 Å². The van der Waals surface area contributed by atoms with Gasteiger partial charge >= 0.3 is 0 Å². The lowest BCUT2D eigenvalue weighted by molar-refractivity contribution is 0.148. The molecule has 0 aromatic heterocycles. The summed E-state index contributed by atoms with van der Waals surface area (Å²) in [4.78, 5) is 0. The molecule has 3 nitrogen and oxygen atoms in total. The molecule has 0 atom stereocenters. The maximum atomic E-state index is 3.23. The normalized spacial score (nSPS) is 16.0. The SMILES string of the molecule is CC1=CN(Cc2ccccc2)NN1C. The summed E-state index contributed by atoms with van der Waals surface area (Å²) in [6.45, 7) is 2.97. The first kappa shape index (κ1) is 9.09. The highest BCUT2D eigenvalue weighted by atomic mass is 15.8. The minimum Gasteiger partial charge on any atom is -0.297 e. The van der Waals surface area contributed by atoms with E-state index in [2.05, 4.69) is 47.9 Å². The zero-order valence-electron chi connectivity index (χ0n) is 8.57. The Morgan fingerprint density at radius 3 is 2.50 bits per heavy atom. The predicted molar refractivity (Wildman–Crippen MR) is 56.6 cm³/mol. The van der Waals surface area contributed by atoms with Crippen LogP contribution in [0.15, 0.2) is 42.2 Å². The van der Waals surface area contributed by atoms with Crippen molar-refractivity contribution in [3.8, 4) is 0 Å². The molecule has 3 heteroatoms. The van der Waals surface area contributed by atoms with Crippen molar-refractivity contribution in [3.05, 3.63) is 47.8 Å². The molecule has 14 heavy (non-hydrogen) atoms. The third kappa shape index (κ3) is 1.88. The van der Waals surface area contributed by atoms with Crippen LogP contribution in [0.2, 0.25) is 0 Å². The van der Waals surface area contributed by atoms with E-state index in [0.717, 1.165) is 6.54 Å². The van der Waals surface area contributed by atoms with Crippen molar-refractivity contribution in [2.75, 3.05) is 7.05 Å². The number of benzene rings is 1. The van der Waals surface area contributed by atoms with Gasteiger partial charge in [0.15, 0.2) is 0 Å². The molecule has 0 amide bonds. The minimum atomic E-state index is 0.891. The van der Waals surface area contributed by atoms with Gasteiger partial charge in [-0.15, -0.1) is 5.53 Å². The second-order valence-corrected chi connectivity index (χ2v) is 3.54. The van der Waals surface area contributed by atoms with Crippen molar-refractivity contribution >= 4 is 0 Å². The number of nitrogens with one attached hydrogen (secondary N) is 1. The largest absolute Gasteiger partial charge is 0.297 e. The molecule has 1 aromatic carbocycles. The molecule has 2 rings (SSSR count). The van der Waals surface area contributed by atoms with Gasteiger partial charge in [-0.05, 0) is 12.5 Å². The van der Waals surface area contributed by atoms with Crippen molar-refractivity contribution < 1.29 is 0 Å². The summed E-state index contributed by atoms with van der Waals surface area (Å²) < 4.78 is 0. The van der Waals surface area contributed by atoms with Crippen LogP contribution in [-0.2, 0) is 6.54 Å². The maximum Gasteiger partial charge on any atom is 0.0606 e. The lowest BCUT2D eigenvalue weighted by Gasteiger charge is -2.20. The number of allylic oxidation sites excluding steroid dienone is 1. The Morgan fingerprint density at radius 1 is 1.21 bits per heavy atom. The summed E-state index contributed by atoms with van der Waals surface area (Å²) in [5.74, 6) is 0. The molecule has 0 unspecified atom stereocenters. The lowest BCUT2D eigenvalue weighted by Crippen LogP contribution is -2.37. The second kappa shape index (κ2) is 3.72. The molecule has 1 heterocycles. The van der Waals surface area contributed by atoms with E-state index >= 15 is 0 Å². The Bertz CT molecular complexity index is 332. The highest BCUT2D eigenvalue weighted by Gasteiger charge is 2.12. The fourth-order valence-corrected chi connectivity index (χ4v) is 1.47. The number of hydrazine groups is 2. The van der Waals surface area contributed by atoms with E-state index in [4.69, 9.17) is 0 Å². The first-order chi connectivity index (χ1) is 6.75. The Hall–Kier alpha value is -1.48. The summed E-state index contributed by atoms with van der Waals surface area (Å²) in [5.41, 5.74) is 5.75. The van der Waals surface area contributed by atoms with Gasteiger partial charge < -0.3 is 0 Å². The Labute approximate surface area is 84.6 Å². The molecule has 0 spiro atoms. The third-order valence-corrected chi connectivity index (χ3v) is 2.35. The molecule has 1 aliphatic rings. The minimum absolute atomic E-state index is 0.891. The van der Waals surface area contributed by atoms with Crippen LogP contribution >= 0.6 is 0 Å². The Morgan fingerprint density at radius 2 is 1.93 bits per heavy atom. The van der Waals surface area contributed by atoms with E-state index in [1.807, 2.05) is 18.1 Å². The van der Waals surface area contributed by atoms with Crippen LogP contribution in [0.3, 0.4) is 0 Å². The van der Waals surface area contributed by atoms with E-state index in [0.29, 0.717) is 0 Å². The van der Waals surface area contributed by atoms with Crippen LogP contribution in [0, 0.1) is 0 Å². The quantitative estimate of drug-likeness (QED) is 0.764. The van der Waals surface area contributed by atoms with Crippen molar-refractivity contribution in [2.45, 2.75) is 13.5 Å². The molecule has 0 fully saturated rings. The Kier molecular flexibility index (Phi) is 2.41. The summed E-state index contributed by atoms with van der Waals surface area (Å²) in [5, 5.41) is 4.08. The summed E-state index contributed by atoms with van der Waals surface area (Å²) in [6, 6.07) is 10.4. The average Bonchev–Trinajstić information content (AvgIpc) is 2.47. The molecule has 0 saturated heterocycles. The van der Waals surface area contributed by atoms with E-state index in [-0.39, 0.29) is 0 Å². The standard InChI is InChI=1S/C11H15N3/c1-10-8-14(12-13(10)2)9-11-6-4-3-5-7-11/h3-8,12H,9H2,1-2H3. The lowest BCUT2D eigenvalue weighted by atomic mass is 10.2. The second-order valence-electron chi connectivity index (χ2n) is 3.54. The van der Waals surface area contributed by atoms with E-state index in [1.54, 1.807) is 0 Å². The van der Waals surface area contributed by atoms with Gasteiger partial charge in [0.05, 0.1) is 6.54 Å². The molecule has 0 radical (unpaired) electrons. The van der Waals surface area contributed by atoms with Crippen LogP contribution in [0.5, 0.6) is 0 Å². The number of hydrogen-bond acceptors (Lipinski definition) is 3. The summed E-state index contributed by atoms with van der Waals surface area (Å²) in [6.07, 6.45) is 2.10. The molecule has 74 valence electrons. The smallest absolute Gasteiger partial charge is 0.0606 e. The summed E-state index contributed by atoms with van der Waals surface area (Å²) in [7, 11) is 2.01. The number of hydrogen-bond donors (Lipinski definition) is 1. The number of rotatable bonds is 2.